The highest BCUT2D eigenvalue weighted by Crippen LogP contribution is 2.41. The average molecular weight is 399 g/mol. The van der Waals surface area contributed by atoms with Gasteiger partial charge in [-0.05, 0) is 49.4 Å². The van der Waals surface area contributed by atoms with E-state index in [9.17, 15) is 4.79 Å². The largest absolute Gasteiger partial charge is 0.490 e. The van der Waals surface area contributed by atoms with Crippen molar-refractivity contribution in [1.29, 1.82) is 0 Å². The zero-order valence-corrected chi connectivity index (χ0v) is 17.0. The Balaban J connectivity index is 1.65. The molecule has 29 heavy (non-hydrogen) atoms. The van der Waals surface area contributed by atoms with Gasteiger partial charge in [0.15, 0.2) is 0 Å². The van der Waals surface area contributed by atoms with Crippen LogP contribution in [0.15, 0.2) is 78.9 Å². The summed E-state index contributed by atoms with van der Waals surface area (Å²) in [6.45, 7) is 0. The van der Waals surface area contributed by atoms with Crippen molar-refractivity contribution in [2.75, 3.05) is 0 Å². The molecule has 1 saturated carbocycles. The van der Waals surface area contributed by atoms with E-state index in [-0.39, 0.29) is 5.78 Å². The molecule has 0 unspecified atom stereocenters. The fraction of sp³-hybridized carbons (Fsp3) is 0.192. The van der Waals surface area contributed by atoms with Crippen molar-refractivity contribution < 1.29 is 9.53 Å². The number of carbonyl (C=O) groups excluding carboxylic acids is 1. The lowest BCUT2D eigenvalue weighted by Crippen LogP contribution is -2.10. The quantitative estimate of drug-likeness (QED) is 0.335. The van der Waals surface area contributed by atoms with Gasteiger partial charge in [-0.3, -0.25) is 4.79 Å². The van der Waals surface area contributed by atoms with E-state index in [1.807, 2.05) is 54.6 Å². The maximum atomic E-state index is 13.4. The van der Waals surface area contributed by atoms with Crippen LogP contribution in [-0.4, -0.2) is 11.9 Å². The van der Waals surface area contributed by atoms with Gasteiger partial charge in [-0.25, -0.2) is 0 Å². The predicted molar refractivity (Wildman–Crippen MR) is 120 cm³/mol. The molecular weight excluding hydrogens is 376 g/mol. The standard InChI is InChI=1S/C26H22O2S/c27-25(19-11-5-2-6-12-19)26-24(18-9-3-1-4-10-18)22-17-21(15-16-23(22)29-26)28-20-13-7-8-14-20/h1-6,9-12,15-17,20H,7-8,13-14H2. The van der Waals surface area contributed by atoms with Gasteiger partial charge >= 0.3 is 0 Å². The minimum absolute atomic E-state index is 0.0731. The molecule has 5 rings (SSSR count). The zero-order chi connectivity index (χ0) is 19.6. The van der Waals surface area contributed by atoms with E-state index in [0.29, 0.717) is 6.10 Å². The molecule has 0 radical (unpaired) electrons. The summed E-state index contributed by atoms with van der Waals surface area (Å²) in [7, 11) is 0. The van der Waals surface area contributed by atoms with Gasteiger partial charge in [-0.15, -0.1) is 11.3 Å². The summed E-state index contributed by atoms with van der Waals surface area (Å²) in [5.41, 5.74) is 2.80. The summed E-state index contributed by atoms with van der Waals surface area (Å²) in [5.74, 6) is 0.974. The van der Waals surface area contributed by atoms with Crippen LogP contribution in [0.2, 0.25) is 0 Å². The van der Waals surface area contributed by atoms with Gasteiger partial charge in [0.1, 0.15) is 5.75 Å². The van der Waals surface area contributed by atoms with Crippen LogP contribution in [0, 0.1) is 0 Å². The molecule has 2 nitrogen and oxygen atoms in total. The Morgan fingerprint density at radius 2 is 1.55 bits per heavy atom. The number of hydrogen-bond acceptors (Lipinski definition) is 3. The highest BCUT2D eigenvalue weighted by molar-refractivity contribution is 7.21. The normalized spacial score (nSPS) is 14.3. The minimum Gasteiger partial charge on any atom is -0.490 e. The van der Waals surface area contributed by atoms with Crippen molar-refractivity contribution in [3.8, 4) is 16.9 Å². The lowest BCUT2D eigenvalue weighted by Gasteiger charge is -2.13. The van der Waals surface area contributed by atoms with Gasteiger partial charge in [0, 0.05) is 21.2 Å². The molecule has 1 aliphatic rings. The number of ether oxygens (including phenoxy) is 1. The molecule has 0 atom stereocenters. The third-order valence-electron chi connectivity index (χ3n) is 5.57. The van der Waals surface area contributed by atoms with Gasteiger partial charge in [0.2, 0.25) is 5.78 Å². The Morgan fingerprint density at radius 3 is 2.28 bits per heavy atom. The van der Waals surface area contributed by atoms with Gasteiger partial charge in [0.05, 0.1) is 11.0 Å². The van der Waals surface area contributed by atoms with Crippen molar-refractivity contribution in [2.24, 2.45) is 0 Å². The van der Waals surface area contributed by atoms with E-state index >= 15 is 0 Å². The molecule has 4 aromatic rings. The highest BCUT2D eigenvalue weighted by Gasteiger charge is 2.22. The second kappa shape index (κ2) is 7.84. The number of ketones is 1. The van der Waals surface area contributed by atoms with E-state index in [2.05, 4.69) is 24.3 Å². The Labute approximate surface area is 174 Å². The topological polar surface area (TPSA) is 26.3 Å². The molecule has 0 N–H and O–H groups in total. The molecule has 1 heterocycles. The van der Waals surface area contributed by atoms with Gasteiger partial charge < -0.3 is 4.74 Å². The summed E-state index contributed by atoms with van der Waals surface area (Å²) in [4.78, 5) is 14.1. The Hall–Kier alpha value is -2.91. The summed E-state index contributed by atoms with van der Waals surface area (Å²) >= 11 is 1.57. The highest BCUT2D eigenvalue weighted by atomic mass is 32.1. The molecule has 0 spiro atoms. The van der Waals surface area contributed by atoms with Crippen molar-refractivity contribution in [3.63, 3.8) is 0 Å². The van der Waals surface area contributed by atoms with Gasteiger partial charge in [-0.2, -0.15) is 0 Å². The minimum atomic E-state index is 0.0731. The molecule has 0 bridgehead atoms. The molecule has 1 aliphatic carbocycles. The Morgan fingerprint density at radius 1 is 0.862 bits per heavy atom. The third kappa shape index (κ3) is 3.58. The monoisotopic (exact) mass is 398 g/mol. The van der Waals surface area contributed by atoms with Crippen LogP contribution in [0.5, 0.6) is 5.75 Å². The fourth-order valence-corrected chi connectivity index (χ4v) is 5.29. The predicted octanol–water partition coefficient (Wildman–Crippen LogP) is 7.12. The number of fused-ring (bicyclic) bond motifs is 1. The van der Waals surface area contributed by atoms with Crippen LogP contribution in [0.3, 0.4) is 0 Å². The van der Waals surface area contributed by atoms with Crippen molar-refractivity contribution in [1.82, 2.24) is 0 Å². The first-order valence-corrected chi connectivity index (χ1v) is 11.0. The Kier molecular flexibility index (Phi) is 4.91. The van der Waals surface area contributed by atoms with E-state index in [1.165, 1.54) is 12.8 Å². The van der Waals surface area contributed by atoms with E-state index < -0.39 is 0 Å². The number of rotatable bonds is 5. The maximum Gasteiger partial charge on any atom is 0.203 e. The van der Waals surface area contributed by atoms with Gasteiger partial charge in [0.25, 0.3) is 0 Å². The number of thiophene rings is 1. The number of hydrogen-bond donors (Lipinski definition) is 0. The van der Waals surface area contributed by atoms with E-state index in [1.54, 1.807) is 11.3 Å². The number of benzene rings is 3. The summed E-state index contributed by atoms with van der Waals surface area (Å²) in [5, 5.41) is 1.09. The molecule has 1 aromatic heterocycles. The first-order chi connectivity index (χ1) is 14.3. The fourth-order valence-electron chi connectivity index (χ4n) is 4.12. The zero-order valence-electron chi connectivity index (χ0n) is 16.1. The molecule has 0 amide bonds. The van der Waals surface area contributed by atoms with Crippen LogP contribution < -0.4 is 4.74 Å². The number of carbonyl (C=O) groups is 1. The molecule has 3 heteroatoms. The van der Waals surface area contributed by atoms with E-state index in [4.69, 9.17) is 4.74 Å². The third-order valence-corrected chi connectivity index (χ3v) is 6.74. The van der Waals surface area contributed by atoms with Crippen LogP contribution in [0.4, 0.5) is 0 Å². The first-order valence-electron chi connectivity index (χ1n) is 10.2. The lowest BCUT2D eigenvalue weighted by atomic mass is 9.98. The average Bonchev–Trinajstić information content (AvgIpc) is 3.42. The van der Waals surface area contributed by atoms with Crippen LogP contribution in [0.1, 0.15) is 40.9 Å². The smallest absolute Gasteiger partial charge is 0.203 e. The summed E-state index contributed by atoms with van der Waals surface area (Å²) in [6.07, 6.45) is 5.07. The lowest BCUT2D eigenvalue weighted by molar-refractivity contribution is 0.104. The van der Waals surface area contributed by atoms with Crippen molar-refractivity contribution in [2.45, 2.75) is 31.8 Å². The molecule has 3 aromatic carbocycles. The molecule has 144 valence electrons. The Bertz CT molecular complexity index is 1140. The summed E-state index contributed by atoms with van der Waals surface area (Å²) in [6, 6.07) is 26.0. The molecular formula is C26H22O2S. The molecule has 1 fully saturated rings. The van der Waals surface area contributed by atoms with Gasteiger partial charge in [-0.1, -0.05) is 60.7 Å². The van der Waals surface area contributed by atoms with Crippen LogP contribution in [0.25, 0.3) is 21.2 Å². The van der Waals surface area contributed by atoms with Crippen molar-refractivity contribution >= 4 is 27.2 Å². The maximum absolute atomic E-state index is 13.4. The first kappa shape index (κ1) is 18.1. The van der Waals surface area contributed by atoms with Crippen LogP contribution in [-0.2, 0) is 0 Å². The summed E-state index contributed by atoms with van der Waals surface area (Å²) < 4.78 is 7.36. The van der Waals surface area contributed by atoms with Crippen molar-refractivity contribution in [3.05, 3.63) is 89.3 Å². The second-order valence-electron chi connectivity index (χ2n) is 7.55. The SMILES string of the molecule is O=C(c1ccccc1)c1sc2ccc(OC3CCCC3)cc2c1-c1ccccc1. The molecule has 0 aliphatic heterocycles. The van der Waals surface area contributed by atoms with Crippen LogP contribution >= 0.6 is 11.3 Å². The molecule has 0 saturated heterocycles. The van der Waals surface area contributed by atoms with E-state index in [0.717, 1.165) is 50.2 Å². The second-order valence-corrected chi connectivity index (χ2v) is 8.60.